The Labute approximate surface area is 359 Å². The van der Waals surface area contributed by atoms with Crippen molar-refractivity contribution in [2.75, 3.05) is 40.9 Å². The van der Waals surface area contributed by atoms with Gasteiger partial charge < -0.3 is 19.8 Å². The summed E-state index contributed by atoms with van der Waals surface area (Å²) < 4.78 is 23.6. The van der Waals surface area contributed by atoms with Crippen molar-refractivity contribution in [3.05, 3.63) is 48.6 Å². The van der Waals surface area contributed by atoms with Crippen molar-refractivity contribution in [1.82, 2.24) is 5.32 Å². The van der Waals surface area contributed by atoms with E-state index < -0.39 is 20.0 Å². The van der Waals surface area contributed by atoms with Crippen molar-refractivity contribution < 1.29 is 32.9 Å². The van der Waals surface area contributed by atoms with Crippen molar-refractivity contribution in [3.63, 3.8) is 0 Å². The standard InChI is InChI=1S/C49H93N2O6P/c1-6-8-10-12-14-16-18-20-22-24-25-27-29-31-33-35-37-39-41-43-49(53)50-47(46-57-58(54,55)56-45-44-51(3,4)5)48(52)42-40-38-36-34-32-30-28-26-23-21-19-17-15-13-11-9-7-2/h23-26,32,34,40,42,47-48,52H,6-22,27-31,33,35-39,41,43-46H2,1-5H3,(H-,50,53,54,55)/p+1/b25-24-,26-23+,34-32+,42-40+. The predicted octanol–water partition coefficient (Wildman–Crippen LogP) is 13.6. The molecule has 0 aliphatic carbocycles. The van der Waals surface area contributed by atoms with Crippen LogP contribution >= 0.6 is 7.82 Å². The minimum atomic E-state index is -4.35. The summed E-state index contributed by atoms with van der Waals surface area (Å²) in [6.45, 7) is 4.77. The highest BCUT2D eigenvalue weighted by Crippen LogP contribution is 2.43. The number of rotatable bonds is 43. The summed E-state index contributed by atoms with van der Waals surface area (Å²) in [6.07, 6.45) is 51.8. The van der Waals surface area contributed by atoms with Gasteiger partial charge in [0.05, 0.1) is 39.9 Å². The van der Waals surface area contributed by atoms with Crippen molar-refractivity contribution in [1.29, 1.82) is 0 Å². The van der Waals surface area contributed by atoms with Crippen LogP contribution in [0.25, 0.3) is 0 Å². The third kappa shape index (κ3) is 42.6. The van der Waals surface area contributed by atoms with E-state index in [0.717, 1.165) is 44.9 Å². The number of hydrogen-bond donors (Lipinski definition) is 3. The lowest BCUT2D eigenvalue weighted by molar-refractivity contribution is -0.870. The molecule has 1 amide bonds. The van der Waals surface area contributed by atoms with E-state index in [1.54, 1.807) is 6.08 Å². The molecule has 0 aliphatic heterocycles. The van der Waals surface area contributed by atoms with Gasteiger partial charge in [0.25, 0.3) is 0 Å². The summed E-state index contributed by atoms with van der Waals surface area (Å²) >= 11 is 0. The molecule has 0 saturated heterocycles. The summed E-state index contributed by atoms with van der Waals surface area (Å²) in [4.78, 5) is 23.2. The highest BCUT2D eigenvalue weighted by molar-refractivity contribution is 7.47. The molecule has 0 aliphatic rings. The second-order valence-corrected chi connectivity index (χ2v) is 18.9. The van der Waals surface area contributed by atoms with Crippen LogP contribution in [0.15, 0.2) is 48.6 Å². The van der Waals surface area contributed by atoms with Gasteiger partial charge in [-0.1, -0.05) is 178 Å². The first-order valence-corrected chi connectivity index (χ1v) is 25.5. The molecule has 3 N–H and O–H groups in total. The second-order valence-electron chi connectivity index (χ2n) is 17.5. The van der Waals surface area contributed by atoms with Gasteiger partial charge in [-0.15, -0.1) is 0 Å². The summed E-state index contributed by atoms with van der Waals surface area (Å²) in [7, 11) is 1.54. The third-order valence-electron chi connectivity index (χ3n) is 10.5. The van der Waals surface area contributed by atoms with Crippen LogP contribution in [0.2, 0.25) is 0 Å². The number of nitrogens with zero attached hydrogens (tertiary/aromatic N) is 1. The SMILES string of the molecule is CCCCCCCCC/C=C/CC/C=C/CC/C=C/C(O)C(COP(=O)(O)OCC[N+](C)(C)C)NC(=O)CCCCCCCCC/C=C\CCCCCCCCCC. The number of phosphoric ester groups is 1. The topological polar surface area (TPSA) is 105 Å². The van der Waals surface area contributed by atoms with E-state index in [1.807, 2.05) is 27.2 Å². The van der Waals surface area contributed by atoms with E-state index in [2.05, 4.69) is 55.6 Å². The van der Waals surface area contributed by atoms with Crippen LogP contribution in [0.4, 0.5) is 0 Å². The first-order valence-electron chi connectivity index (χ1n) is 24.0. The van der Waals surface area contributed by atoms with Gasteiger partial charge in [0.1, 0.15) is 13.2 Å². The molecule has 0 fully saturated rings. The van der Waals surface area contributed by atoms with E-state index in [1.165, 1.54) is 141 Å². The van der Waals surface area contributed by atoms with E-state index >= 15 is 0 Å². The number of likely N-dealkylation sites (N-methyl/N-ethyl adjacent to an activating group) is 1. The number of carbonyl (C=O) groups excluding carboxylic acids is 1. The van der Waals surface area contributed by atoms with E-state index in [9.17, 15) is 19.4 Å². The molecule has 0 heterocycles. The molecule has 8 nitrogen and oxygen atoms in total. The van der Waals surface area contributed by atoms with Crippen molar-refractivity contribution >= 4 is 13.7 Å². The fraction of sp³-hybridized carbons (Fsp3) is 0.816. The molecular formula is C49H94N2O6P+. The van der Waals surface area contributed by atoms with Crippen molar-refractivity contribution in [2.24, 2.45) is 0 Å². The Morgan fingerprint density at radius 2 is 0.948 bits per heavy atom. The minimum absolute atomic E-state index is 0.0519. The Hall–Kier alpha value is -1.54. The largest absolute Gasteiger partial charge is 0.472 e. The number of aliphatic hydroxyl groups excluding tert-OH is 1. The molecule has 0 saturated carbocycles. The van der Waals surface area contributed by atoms with E-state index in [0.29, 0.717) is 17.4 Å². The molecule has 340 valence electrons. The Bertz CT molecular complexity index is 1090. The monoisotopic (exact) mass is 838 g/mol. The van der Waals surface area contributed by atoms with Gasteiger partial charge in [-0.05, 0) is 70.6 Å². The normalized spacial score (nSPS) is 14.7. The van der Waals surface area contributed by atoms with Crippen molar-refractivity contribution in [2.45, 2.75) is 219 Å². The maximum absolute atomic E-state index is 12.9. The van der Waals surface area contributed by atoms with Crippen molar-refractivity contribution in [3.8, 4) is 0 Å². The number of quaternary nitrogens is 1. The molecular weight excluding hydrogens is 744 g/mol. The molecule has 0 rings (SSSR count). The Morgan fingerprint density at radius 1 is 0.569 bits per heavy atom. The molecule has 0 aromatic rings. The van der Waals surface area contributed by atoms with Crippen LogP contribution in [-0.4, -0.2) is 73.4 Å². The summed E-state index contributed by atoms with van der Waals surface area (Å²) in [5.41, 5.74) is 0. The number of phosphoric acid groups is 1. The van der Waals surface area contributed by atoms with Crippen LogP contribution in [0, 0.1) is 0 Å². The molecule has 0 aromatic carbocycles. The van der Waals surface area contributed by atoms with E-state index in [-0.39, 0.29) is 19.1 Å². The zero-order valence-corrected chi connectivity index (χ0v) is 39.4. The lowest BCUT2D eigenvalue weighted by Crippen LogP contribution is -2.45. The first kappa shape index (κ1) is 56.5. The molecule has 58 heavy (non-hydrogen) atoms. The number of carbonyl (C=O) groups is 1. The Morgan fingerprint density at radius 3 is 1.38 bits per heavy atom. The number of nitrogens with one attached hydrogen (secondary N) is 1. The first-order chi connectivity index (χ1) is 28.0. The Kier molecular flexibility index (Phi) is 39.8. The number of allylic oxidation sites excluding steroid dienone is 7. The second kappa shape index (κ2) is 40.8. The average Bonchev–Trinajstić information content (AvgIpc) is 3.17. The molecule has 3 atom stereocenters. The van der Waals surface area contributed by atoms with Crippen LogP contribution in [-0.2, 0) is 18.4 Å². The van der Waals surface area contributed by atoms with Gasteiger partial charge >= 0.3 is 7.82 Å². The molecule has 0 aromatic heterocycles. The maximum atomic E-state index is 12.9. The molecule has 0 spiro atoms. The molecule has 0 radical (unpaired) electrons. The average molecular weight is 838 g/mol. The van der Waals surface area contributed by atoms with Crippen LogP contribution < -0.4 is 5.32 Å². The van der Waals surface area contributed by atoms with Gasteiger partial charge in [-0.2, -0.15) is 0 Å². The number of hydrogen-bond acceptors (Lipinski definition) is 5. The van der Waals surface area contributed by atoms with Gasteiger partial charge in [-0.25, -0.2) is 4.57 Å². The Balaban J connectivity index is 4.45. The molecule has 9 heteroatoms. The number of unbranched alkanes of at least 4 members (excludes halogenated alkanes) is 24. The van der Waals surface area contributed by atoms with E-state index in [4.69, 9.17) is 9.05 Å². The zero-order valence-electron chi connectivity index (χ0n) is 38.5. The van der Waals surface area contributed by atoms with Crippen LogP contribution in [0.1, 0.15) is 206 Å². The summed E-state index contributed by atoms with van der Waals surface area (Å²) in [5, 5.41) is 13.8. The number of amides is 1. The highest BCUT2D eigenvalue weighted by atomic mass is 31.2. The quantitative estimate of drug-likeness (QED) is 0.0244. The lowest BCUT2D eigenvalue weighted by atomic mass is 10.1. The fourth-order valence-corrected chi connectivity index (χ4v) is 7.39. The van der Waals surface area contributed by atoms with Gasteiger partial charge in [-0.3, -0.25) is 13.8 Å². The molecule has 0 bridgehead atoms. The van der Waals surface area contributed by atoms with Gasteiger partial charge in [0.2, 0.25) is 5.91 Å². The van der Waals surface area contributed by atoms with Crippen LogP contribution in [0.5, 0.6) is 0 Å². The lowest BCUT2D eigenvalue weighted by Gasteiger charge is -2.25. The smallest absolute Gasteiger partial charge is 0.387 e. The predicted molar refractivity (Wildman–Crippen MR) is 249 cm³/mol. The molecule has 3 unspecified atom stereocenters. The van der Waals surface area contributed by atoms with Gasteiger partial charge in [0.15, 0.2) is 0 Å². The summed E-state index contributed by atoms with van der Waals surface area (Å²) in [6, 6.07) is -0.871. The minimum Gasteiger partial charge on any atom is -0.387 e. The third-order valence-corrected chi connectivity index (χ3v) is 11.5. The maximum Gasteiger partial charge on any atom is 0.472 e. The fourth-order valence-electron chi connectivity index (χ4n) is 6.66. The van der Waals surface area contributed by atoms with Crippen LogP contribution in [0.3, 0.4) is 0 Å². The number of aliphatic hydroxyl groups is 1. The zero-order chi connectivity index (χ0) is 42.8. The summed E-state index contributed by atoms with van der Waals surface area (Å²) in [5.74, 6) is -0.196. The highest BCUT2D eigenvalue weighted by Gasteiger charge is 2.27. The van der Waals surface area contributed by atoms with Gasteiger partial charge in [0, 0.05) is 6.42 Å².